The summed E-state index contributed by atoms with van der Waals surface area (Å²) in [6.07, 6.45) is 2.51. The van der Waals surface area contributed by atoms with Gasteiger partial charge in [0.05, 0.1) is 19.8 Å². The van der Waals surface area contributed by atoms with Gasteiger partial charge in [0.15, 0.2) is 0 Å². The molecule has 0 radical (unpaired) electrons. The molecule has 0 aromatic heterocycles. The van der Waals surface area contributed by atoms with Crippen LogP contribution in [0.5, 0.6) is 11.5 Å². The van der Waals surface area contributed by atoms with Gasteiger partial charge in [-0.25, -0.2) is 0 Å². The lowest BCUT2D eigenvalue weighted by atomic mass is 10.0. The number of rotatable bonds is 6. The lowest BCUT2D eigenvalue weighted by molar-refractivity contribution is 0.0878. The third-order valence-electron chi connectivity index (χ3n) is 6.40. The van der Waals surface area contributed by atoms with Crippen LogP contribution in [0.3, 0.4) is 0 Å². The van der Waals surface area contributed by atoms with Crippen LogP contribution in [-0.4, -0.2) is 69.3 Å². The number of piperidine rings is 1. The third kappa shape index (κ3) is 4.85. The minimum absolute atomic E-state index is 0.612. The zero-order chi connectivity index (χ0) is 20.9. The molecule has 162 valence electrons. The molecule has 1 atom stereocenters. The summed E-state index contributed by atoms with van der Waals surface area (Å²) in [5.41, 5.74) is 2.38. The van der Waals surface area contributed by atoms with E-state index >= 15 is 0 Å². The fourth-order valence-corrected chi connectivity index (χ4v) is 4.98. The van der Waals surface area contributed by atoms with Gasteiger partial charge in [-0.05, 0) is 49.7 Å². The van der Waals surface area contributed by atoms with Crippen molar-refractivity contribution in [2.24, 2.45) is 0 Å². The summed E-state index contributed by atoms with van der Waals surface area (Å²) >= 11 is 6.18. The molecule has 2 saturated heterocycles. The molecule has 1 unspecified atom stereocenters. The summed E-state index contributed by atoms with van der Waals surface area (Å²) in [5.74, 6) is 1.82. The number of piperazine rings is 1. The molecule has 2 aliphatic rings. The van der Waals surface area contributed by atoms with E-state index < -0.39 is 0 Å². The van der Waals surface area contributed by atoms with Crippen LogP contribution in [-0.2, 0) is 6.54 Å². The van der Waals surface area contributed by atoms with Crippen LogP contribution in [0.15, 0.2) is 42.5 Å². The monoisotopic (exact) mass is 429 g/mol. The molecule has 5 nitrogen and oxygen atoms in total. The molecular formula is C24H32ClN3O2. The van der Waals surface area contributed by atoms with E-state index in [0.29, 0.717) is 6.04 Å². The van der Waals surface area contributed by atoms with Gasteiger partial charge in [-0.1, -0.05) is 23.7 Å². The number of benzene rings is 2. The third-order valence-corrected chi connectivity index (χ3v) is 6.63. The average molecular weight is 430 g/mol. The quantitative estimate of drug-likeness (QED) is 0.688. The van der Waals surface area contributed by atoms with Crippen LogP contribution in [0.1, 0.15) is 18.4 Å². The molecule has 6 heteroatoms. The smallest absolute Gasteiger partial charge is 0.127 e. The molecule has 0 saturated carbocycles. The van der Waals surface area contributed by atoms with Gasteiger partial charge in [-0.3, -0.25) is 9.80 Å². The van der Waals surface area contributed by atoms with Gasteiger partial charge in [0.25, 0.3) is 0 Å². The van der Waals surface area contributed by atoms with Crippen molar-refractivity contribution in [1.82, 2.24) is 9.80 Å². The first-order chi connectivity index (χ1) is 14.7. The minimum atomic E-state index is 0.612. The Morgan fingerprint density at radius 1 is 0.933 bits per heavy atom. The Kier molecular flexibility index (Phi) is 7.03. The Morgan fingerprint density at radius 2 is 1.63 bits per heavy atom. The lowest BCUT2D eigenvalue weighted by Gasteiger charge is -2.44. The van der Waals surface area contributed by atoms with E-state index in [1.165, 1.54) is 18.5 Å². The van der Waals surface area contributed by atoms with Gasteiger partial charge in [0, 0.05) is 56.0 Å². The number of hydrogen-bond acceptors (Lipinski definition) is 5. The second-order valence-corrected chi connectivity index (χ2v) is 8.61. The van der Waals surface area contributed by atoms with Gasteiger partial charge >= 0.3 is 0 Å². The van der Waals surface area contributed by atoms with Crippen LogP contribution in [0, 0.1) is 0 Å². The highest BCUT2D eigenvalue weighted by molar-refractivity contribution is 6.30. The predicted octanol–water partition coefficient (Wildman–Crippen LogP) is 4.14. The summed E-state index contributed by atoms with van der Waals surface area (Å²) in [5, 5.41) is 0.810. The number of anilines is 1. The summed E-state index contributed by atoms with van der Waals surface area (Å²) in [4.78, 5) is 7.67. The molecule has 2 aliphatic heterocycles. The van der Waals surface area contributed by atoms with Crippen molar-refractivity contribution < 1.29 is 9.47 Å². The molecule has 0 bridgehead atoms. The van der Waals surface area contributed by atoms with E-state index in [1.54, 1.807) is 14.2 Å². The topological polar surface area (TPSA) is 28.2 Å². The number of ether oxygens (including phenoxy) is 2. The fourth-order valence-electron chi connectivity index (χ4n) is 4.80. The zero-order valence-electron chi connectivity index (χ0n) is 18.0. The summed E-state index contributed by atoms with van der Waals surface area (Å²) < 4.78 is 11.2. The molecule has 4 rings (SSSR count). The SMILES string of the molecule is COc1cccc(OC)c1CN1CCCC(N2CCN(c3cccc(Cl)c3)CC2)C1. The molecular weight excluding hydrogens is 398 g/mol. The number of likely N-dealkylation sites (tertiary alicyclic amines) is 1. The Labute approximate surface area is 185 Å². The molecule has 2 fully saturated rings. The largest absolute Gasteiger partial charge is 0.496 e. The lowest BCUT2D eigenvalue weighted by Crippen LogP contribution is -2.55. The molecule has 2 aromatic rings. The summed E-state index contributed by atoms with van der Waals surface area (Å²) in [6.45, 7) is 7.39. The van der Waals surface area contributed by atoms with Gasteiger partial charge in [0.2, 0.25) is 0 Å². The van der Waals surface area contributed by atoms with E-state index in [2.05, 4.69) is 26.8 Å². The van der Waals surface area contributed by atoms with E-state index in [0.717, 1.165) is 67.9 Å². The highest BCUT2D eigenvalue weighted by Gasteiger charge is 2.29. The van der Waals surface area contributed by atoms with Gasteiger partial charge in [-0.2, -0.15) is 0 Å². The second-order valence-electron chi connectivity index (χ2n) is 8.18. The standard InChI is InChI=1S/C24H32ClN3O2/c1-29-23-9-4-10-24(30-2)22(23)18-26-11-5-8-21(17-26)28-14-12-27(13-15-28)20-7-3-6-19(25)16-20/h3-4,6-7,9-10,16,21H,5,8,11-15,17-18H2,1-2H3. The molecule has 0 amide bonds. The Morgan fingerprint density at radius 3 is 2.30 bits per heavy atom. The van der Waals surface area contributed by atoms with Crippen molar-refractivity contribution in [3.05, 3.63) is 53.1 Å². The van der Waals surface area contributed by atoms with Crippen LogP contribution in [0.4, 0.5) is 5.69 Å². The maximum atomic E-state index is 6.18. The first-order valence-electron chi connectivity index (χ1n) is 10.8. The van der Waals surface area contributed by atoms with E-state index in [9.17, 15) is 0 Å². The van der Waals surface area contributed by atoms with Gasteiger partial charge in [-0.15, -0.1) is 0 Å². The van der Waals surface area contributed by atoms with Crippen LogP contribution < -0.4 is 14.4 Å². The van der Waals surface area contributed by atoms with E-state index in [1.807, 2.05) is 30.3 Å². The number of halogens is 1. The van der Waals surface area contributed by atoms with Crippen molar-refractivity contribution in [3.8, 4) is 11.5 Å². The molecule has 0 aliphatic carbocycles. The maximum Gasteiger partial charge on any atom is 0.127 e. The highest BCUT2D eigenvalue weighted by atomic mass is 35.5. The first-order valence-corrected chi connectivity index (χ1v) is 11.2. The van der Waals surface area contributed by atoms with Gasteiger partial charge < -0.3 is 14.4 Å². The molecule has 2 heterocycles. The van der Waals surface area contributed by atoms with E-state index in [4.69, 9.17) is 21.1 Å². The van der Waals surface area contributed by atoms with Crippen LogP contribution >= 0.6 is 11.6 Å². The second kappa shape index (κ2) is 9.90. The van der Waals surface area contributed by atoms with Crippen molar-refractivity contribution >= 4 is 17.3 Å². The minimum Gasteiger partial charge on any atom is -0.496 e. The Hall–Kier alpha value is -1.95. The molecule has 2 aromatic carbocycles. The maximum absolute atomic E-state index is 6.18. The van der Waals surface area contributed by atoms with Crippen molar-refractivity contribution in [3.63, 3.8) is 0 Å². The van der Waals surface area contributed by atoms with Crippen molar-refractivity contribution in [1.29, 1.82) is 0 Å². The summed E-state index contributed by atoms with van der Waals surface area (Å²) in [7, 11) is 3.47. The van der Waals surface area contributed by atoms with Crippen molar-refractivity contribution in [2.45, 2.75) is 25.4 Å². The molecule has 0 spiro atoms. The number of hydrogen-bond donors (Lipinski definition) is 0. The molecule has 30 heavy (non-hydrogen) atoms. The fraction of sp³-hybridized carbons (Fsp3) is 0.500. The zero-order valence-corrected chi connectivity index (χ0v) is 18.8. The molecule has 0 N–H and O–H groups in total. The normalized spacial score (nSPS) is 20.9. The summed E-state index contributed by atoms with van der Waals surface area (Å²) in [6, 6.07) is 14.8. The van der Waals surface area contributed by atoms with Crippen LogP contribution in [0.2, 0.25) is 5.02 Å². The number of nitrogens with zero attached hydrogens (tertiary/aromatic N) is 3. The average Bonchev–Trinajstić information content (AvgIpc) is 2.79. The van der Waals surface area contributed by atoms with E-state index in [-0.39, 0.29) is 0 Å². The Bertz CT molecular complexity index is 817. The van der Waals surface area contributed by atoms with Crippen molar-refractivity contribution in [2.75, 3.05) is 58.4 Å². The Balaban J connectivity index is 1.36. The first kappa shape index (κ1) is 21.3. The number of methoxy groups -OCH3 is 2. The highest BCUT2D eigenvalue weighted by Crippen LogP contribution is 2.31. The predicted molar refractivity (Wildman–Crippen MR) is 123 cm³/mol. The van der Waals surface area contributed by atoms with Crippen LogP contribution in [0.25, 0.3) is 0 Å². The van der Waals surface area contributed by atoms with Gasteiger partial charge in [0.1, 0.15) is 11.5 Å².